The van der Waals surface area contributed by atoms with E-state index in [0.29, 0.717) is 36.1 Å². The number of hydrogen-bond donors (Lipinski definition) is 2. The predicted molar refractivity (Wildman–Crippen MR) is 116 cm³/mol. The van der Waals surface area contributed by atoms with Crippen LogP contribution in [0.5, 0.6) is 5.75 Å². The summed E-state index contributed by atoms with van der Waals surface area (Å²) in [5.74, 6) is 0.271. The molecular weight excluding hydrogens is 406 g/mol. The number of aliphatic hydroxyl groups is 1. The molecule has 1 aliphatic heterocycles. The first-order valence-electron chi connectivity index (χ1n) is 9.88. The number of β-amino-alcohol motifs (C(OH)–C–C–N with tert-alkyl or cyclic N) is 1. The largest absolute Gasteiger partial charge is 0.489 e. The molecule has 160 valence electrons. The normalized spacial score (nSPS) is 15.1. The number of hydrogen-bond acceptors (Lipinski definition) is 4. The molecular formula is C22H26ClN3O4. The second-order valence-corrected chi connectivity index (χ2v) is 7.71. The fraction of sp³-hybridized carbons (Fsp3) is 0.364. The fourth-order valence-electron chi connectivity index (χ4n) is 3.35. The molecule has 1 atom stereocenters. The molecule has 3 amide bonds. The summed E-state index contributed by atoms with van der Waals surface area (Å²) < 4.78 is 5.68. The molecule has 30 heavy (non-hydrogen) atoms. The molecule has 2 aromatic rings. The first-order chi connectivity index (χ1) is 14.4. The highest BCUT2D eigenvalue weighted by Crippen LogP contribution is 2.24. The topological polar surface area (TPSA) is 82.1 Å². The lowest BCUT2D eigenvalue weighted by Gasteiger charge is -2.36. The van der Waals surface area contributed by atoms with Crippen LogP contribution in [0.1, 0.15) is 18.9 Å². The van der Waals surface area contributed by atoms with Crippen LogP contribution in [-0.2, 0) is 11.3 Å². The van der Waals surface area contributed by atoms with Crippen LogP contribution in [0.4, 0.5) is 10.5 Å². The number of carbonyl (C=O) groups is 2. The van der Waals surface area contributed by atoms with Crippen LogP contribution in [0.15, 0.2) is 48.5 Å². The van der Waals surface area contributed by atoms with E-state index in [1.54, 1.807) is 34.1 Å². The van der Waals surface area contributed by atoms with E-state index in [0.717, 1.165) is 12.0 Å². The highest BCUT2D eigenvalue weighted by Gasteiger charge is 2.27. The number of urea groups is 1. The van der Waals surface area contributed by atoms with Gasteiger partial charge in [-0.05, 0) is 36.2 Å². The predicted octanol–water partition coefficient (Wildman–Crippen LogP) is 3.37. The summed E-state index contributed by atoms with van der Waals surface area (Å²) in [4.78, 5) is 27.5. The van der Waals surface area contributed by atoms with Crippen LogP contribution in [0.2, 0.25) is 5.02 Å². The maximum atomic E-state index is 12.8. The Morgan fingerprint density at radius 2 is 1.87 bits per heavy atom. The number of ether oxygens (including phenoxy) is 1. The Bertz CT molecular complexity index is 875. The van der Waals surface area contributed by atoms with Gasteiger partial charge in [0.25, 0.3) is 0 Å². The van der Waals surface area contributed by atoms with E-state index in [1.807, 2.05) is 24.3 Å². The minimum absolute atomic E-state index is 0.0115. The van der Waals surface area contributed by atoms with Gasteiger partial charge in [-0.2, -0.15) is 0 Å². The molecule has 1 fully saturated rings. The lowest BCUT2D eigenvalue weighted by molar-refractivity contribution is -0.114. The van der Waals surface area contributed by atoms with Crippen molar-refractivity contribution in [3.8, 4) is 5.75 Å². The fourth-order valence-corrected chi connectivity index (χ4v) is 3.47. The van der Waals surface area contributed by atoms with Gasteiger partial charge in [-0.25, -0.2) is 4.79 Å². The number of nitrogens with one attached hydrogen (secondary N) is 1. The van der Waals surface area contributed by atoms with Gasteiger partial charge in [-0.3, -0.25) is 4.79 Å². The lowest BCUT2D eigenvalue weighted by atomic mass is 10.2. The average molecular weight is 432 g/mol. The smallest absolute Gasteiger partial charge is 0.320 e. The Kier molecular flexibility index (Phi) is 7.54. The zero-order chi connectivity index (χ0) is 21.5. The van der Waals surface area contributed by atoms with Gasteiger partial charge in [-0.1, -0.05) is 35.9 Å². The second kappa shape index (κ2) is 10.3. The molecule has 2 N–H and O–H groups in total. The van der Waals surface area contributed by atoms with Crippen LogP contribution < -0.4 is 10.1 Å². The molecule has 7 nitrogen and oxygen atoms in total. The zero-order valence-electron chi connectivity index (χ0n) is 16.9. The molecule has 1 saturated heterocycles. The molecule has 1 aliphatic rings. The number of halogens is 1. The van der Waals surface area contributed by atoms with Crippen molar-refractivity contribution in [2.75, 3.05) is 31.6 Å². The lowest BCUT2D eigenvalue weighted by Crippen LogP contribution is -2.51. The zero-order valence-corrected chi connectivity index (χ0v) is 17.6. The van der Waals surface area contributed by atoms with Gasteiger partial charge >= 0.3 is 6.03 Å². The van der Waals surface area contributed by atoms with Gasteiger partial charge < -0.3 is 25.0 Å². The summed E-state index contributed by atoms with van der Waals surface area (Å²) in [6, 6.07) is 14.4. The third-order valence-corrected chi connectivity index (χ3v) is 5.00. The summed E-state index contributed by atoms with van der Waals surface area (Å²) in [6.07, 6.45) is -0.0204. The Hall–Kier alpha value is -2.77. The van der Waals surface area contributed by atoms with Crippen molar-refractivity contribution >= 4 is 29.2 Å². The standard InChI is InChI=1S/C22H26ClN3O4/c1-16(27)24-20-5-2-3-6-21(20)30-15-19(28)14-26-12-4-11-25(22(26)29)13-17-7-9-18(23)10-8-17/h2-3,5-10,19,28H,4,11-15H2,1H3,(H,24,27). The van der Waals surface area contributed by atoms with Crippen LogP contribution >= 0.6 is 11.6 Å². The monoisotopic (exact) mass is 431 g/mol. The Balaban J connectivity index is 1.53. The van der Waals surface area contributed by atoms with E-state index < -0.39 is 6.10 Å². The third kappa shape index (κ3) is 6.11. The molecule has 3 rings (SSSR count). The van der Waals surface area contributed by atoms with Crippen molar-refractivity contribution in [2.45, 2.75) is 26.0 Å². The SMILES string of the molecule is CC(=O)Nc1ccccc1OCC(O)CN1CCCN(Cc2ccc(Cl)cc2)C1=O. The van der Waals surface area contributed by atoms with Gasteiger partial charge in [0.05, 0.1) is 12.2 Å². The number of aliphatic hydroxyl groups excluding tert-OH is 1. The number of anilines is 1. The molecule has 0 bridgehead atoms. The van der Waals surface area contributed by atoms with E-state index in [1.165, 1.54) is 6.92 Å². The van der Waals surface area contributed by atoms with Gasteiger partial charge in [-0.15, -0.1) is 0 Å². The molecule has 2 aromatic carbocycles. The van der Waals surface area contributed by atoms with Gasteiger partial charge in [0.15, 0.2) is 0 Å². The highest BCUT2D eigenvalue weighted by atomic mass is 35.5. The maximum Gasteiger partial charge on any atom is 0.320 e. The number of benzene rings is 2. The maximum absolute atomic E-state index is 12.8. The number of para-hydroxylation sites is 2. The molecule has 0 aromatic heterocycles. The minimum atomic E-state index is -0.852. The second-order valence-electron chi connectivity index (χ2n) is 7.27. The van der Waals surface area contributed by atoms with Crippen LogP contribution in [-0.4, -0.2) is 59.2 Å². The molecule has 1 unspecified atom stereocenters. The van der Waals surface area contributed by atoms with Crippen molar-refractivity contribution in [1.82, 2.24) is 9.80 Å². The first-order valence-corrected chi connectivity index (χ1v) is 10.3. The summed E-state index contributed by atoms with van der Waals surface area (Å²) in [5, 5.41) is 13.8. The summed E-state index contributed by atoms with van der Waals surface area (Å²) in [5.41, 5.74) is 1.55. The van der Waals surface area contributed by atoms with E-state index in [9.17, 15) is 14.7 Å². The van der Waals surface area contributed by atoms with E-state index >= 15 is 0 Å². The average Bonchev–Trinajstić information content (AvgIpc) is 2.71. The molecule has 0 radical (unpaired) electrons. The van der Waals surface area contributed by atoms with Crippen molar-refractivity contribution in [3.63, 3.8) is 0 Å². The number of nitrogens with zero attached hydrogens (tertiary/aromatic N) is 2. The Labute approximate surface area is 181 Å². The van der Waals surface area contributed by atoms with Crippen LogP contribution in [0.25, 0.3) is 0 Å². The Morgan fingerprint density at radius 1 is 1.17 bits per heavy atom. The molecule has 1 heterocycles. The molecule has 0 spiro atoms. The van der Waals surface area contributed by atoms with Gasteiger partial charge in [0, 0.05) is 31.6 Å². The summed E-state index contributed by atoms with van der Waals surface area (Å²) in [6.45, 7) is 3.38. The van der Waals surface area contributed by atoms with Crippen LogP contribution in [0.3, 0.4) is 0 Å². The number of amides is 3. The molecule has 0 saturated carbocycles. The Morgan fingerprint density at radius 3 is 2.60 bits per heavy atom. The van der Waals surface area contributed by atoms with E-state index in [-0.39, 0.29) is 25.1 Å². The van der Waals surface area contributed by atoms with E-state index in [2.05, 4.69) is 5.32 Å². The van der Waals surface area contributed by atoms with Crippen molar-refractivity contribution < 1.29 is 19.4 Å². The van der Waals surface area contributed by atoms with Crippen molar-refractivity contribution in [1.29, 1.82) is 0 Å². The van der Waals surface area contributed by atoms with Crippen molar-refractivity contribution in [3.05, 3.63) is 59.1 Å². The van der Waals surface area contributed by atoms with Gasteiger partial charge in [0.2, 0.25) is 5.91 Å². The minimum Gasteiger partial charge on any atom is -0.489 e. The van der Waals surface area contributed by atoms with Crippen LogP contribution in [0, 0.1) is 0 Å². The number of carbonyl (C=O) groups excluding carboxylic acids is 2. The quantitative estimate of drug-likeness (QED) is 0.671. The third-order valence-electron chi connectivity index (χ3n) is 4.74. The number of rotatable bonds is 8. The summed E-state index contributed by atoms with van der Waals surface area (Å²) in [7, 11) is 0. The highest BCUT2D eigenvalue weighted by molar-refractivity contribution is 6.30. The molecule has 0 aliphatic carbocycles. The molecule has 8 heteroatoms. The van der Waals surface area contributed by atoms with E-state index in [4.69, 9.17) is 16.3 Å². The van der Waals surface area contributed by atoms with Gasteiger partial charge in [0.1, 0.15) is 18.5 Å². The van der Waals surface area contributed by atoms with Crippen molar-refractivity contribution in [2.24, 2.45) is 0 Å². The summed E-state index contributed by atoms with van der Waals surface area (Å²) >= 11 is 5.92. The first kappa shape index (κ1) is 21.9.